The van der Waals surface area contributed by atoms with Crippen LogP contribution in [0.3, 0.4) is 0 Å². The number of imidazole rings is 1. The molecule has 0 saturated carbocycles. The Morgan fingerprint density at radius 2 is 1.82 bits per heavy atom. The van der Waals surface area contributed by atoms with Crippen molar-refractivity contribution in [2.45, 2.75) is 25.9 Å². The number of hydrogen-bond donors (Lipinski definition) is 2. The van der Waals surface area contributed by atoms with Gasteiger partial charge in [0.25, 0.3) is 0 Å². The summed E-state index contributed by atoms with van der Waals surface area (Å²) in [6.07, 6.45) is 5.05. The standard InChI is InChI=1S/C28H29ClN8O2/c1-19-16-25(34-27(31-19)36-13-12-30-18-36)37-15-14-35(28(39)33-23-6-4-3-5-7-23)17-24(37)26(38)32-20(2)21-8-10-22(29)11-9-21/h3-13,16,18,20,24H,14-15,17H2,1-2H3,(H,32,38)(H,33,39). The average molecular weight is 545 g/mol. The van der Waals surface area contributed by atoms with Crippen molar-refractivity contribution >= 4 is 35.0 Å². The number of amides is 3. The molecule has 2 N–H and O–H groups in total. The van der Waals surface area contributed by atoms with Crippen molar-refractivity contribution in [2.24, 2.45) is 0 Å². The molecule has 0 aliphatic carbocycles. The Hall–Kier alpha value is -4.44. The van der Waals surface area contributed by atoms with Gasteiger partial charge in [0.05, 0.1) is 12.6 Å². The fourth-order valence-electron chi connectivity index (χ4n) is 4.51. The number of rotatable bonds is 6. The number of halogens is 1. The van der Waals surface area contributed by atoms with Gasteiger partial charge in [0.15, 0.2) is 0 Å². The average Bonchev–Trinajstić information content (AvgIpc) is 3.48. The molecule has 39 heavy (non-hydrogen) atoms. The Labute approximate surface area is 231 Å². The van der Waals surface area contributed by atoms with E-state index in [0.29, 0.717) is 35.6 Å². The molecule has 1 fully saturated rings. The predicted octanol–water partition coefficient (Wildman–Crippen LogP) is 4.22. The highest BCUT2D eigenvalue weighted by atomic mass is 35.5. The summed E-state index contributed by atoms with van der Waals surface area (Å²) in [6.45, 7) is 4.81. The number of carbonyl (C=O) groups is 2. The quantitative estimate of drug-likeness (QED) is 0.376. The molecule has 0 spiro atoms. The van der Waals surface area contributed by atoms with Gasteiger partial charge in [0.2, 0.25) is 11.9 Å². The summed E-state index contributed by atoms with van der Waals surface area (Å²) < 4.78 is 1.72. The zero-order valence-electron chi connectivity index (χ0n) is 21.7. The van der Waals surface area contributed by atoms with Crippen LogP contribution in [0.15, 0.2) is 79.4 Å². The highest BCUT2D eigenvalue weighted by Gasteiger charge is 2.36. The molecule has 3 heterocycles. The monoisotopic (exact) mass is 544 g/mol. The van der Waals surface area contributed by atoms with Gasteiger partial charge in [0.1, 0.15) is 18.2 Å². The first-order valence-electron chi connectivity index (χ1n) is 12.6. The minimum absolute atomic E-state index is 0.182. The summed E-state index contributed by atoms with van der Waals surface area (Å²) in [5.74, 6) is 0.851. The van der Waals surface area contributed by atoms with Gasteiger partial charge >= 0.3 is 6.03 Å². The van der Waals surface area contributed by atoms with E-state index in [0.717, 1.165) is 11.3 Å². The van der Waals surface area contributed by atoms with E-state index < -0.39 is 6.04 Å². The van der Waals surface area contributed by atoms with Crippen molar-refractivity contribution in [3.05, 3.63) is 95.7 Å². The second kappa shape index (κ2) is 11.5. The first-order chi connectivity index (χ1) is 18.9. The number of anilines is 2. The van der Waals surface area contributed by atoms with Crippen LogP contribution in [0, 0.1) is 6.92 Å². The van der Waals surface area contributed by atoms with Gasteiger partial charge in [-0.15, -0.1) is 0 Å². The molecule has 5 rings (SSSR count). The van der Waals surface area contributed by atoms with Crippen molar-refractivity contribution in [1.29, 1.82) is 0 Å². The van der Waals surface area contributed by atoms with Crippen molar-refractivity contribution in [2.75, 3.05) is 29.9 Å². The van der Waals surface area contributed by atoms with Crippen molar-refractivity contribution < 1.29 is 9.59 Å². The van der Waals surface area contributed by atoms with Gasteiger partial charge in [-0.2, -0.15) is 4.98 Å². The van der Waals surface area contributed by atoms with Gasteiger partial charge in [-0.3, -0.25) is 9.36 Å². The number of para-hydroxylation sites is 1. The van der Waals surface area contributed by atoms with Crippen LogP contribution in [0.2, 0.25) is 5.02 Å². The third-order valence-electron chi connectivity index (χ3n) is 6.58. The summed E-state index contributed by atoms with van der Waals surface area (Å²) >= 11 is 6.04. The third-order valence-corrected chi connectivity index (χ3v) is 6.83. The van der Waals surface area contributed by atoms with Gasteiger partial charge in [-0.05, 0) is 43.7 Å². The first-order valence-corrected chi connectivity index (χ1v) is 13.0. The topological polar surface area (TPSA) is 108 Å². The second-order valence-corrected chi connectivity index (χ2v) is 9.81. The molecule has 1 aliphatic rings. The Bertz CT molecular complexity index is 1430. The first kappa shape index (κ1) is 26.2. The van der Waals surface area contributed by atoms with E-state index in [1.807, 2.05) is 67.3 Å². The number of aromatic nitrogens is 4. The van der Waals surface area contributed by atoms with Gasteiger partial charge < -0.3 is 20.4 Å². The van der Waals surface area contributed by atoms with E-state index in [-0.39, 0.29) is 24.5 Å². The molecule has 4 aromatic rings. The van der Waals surface area contributed by atoms with Gasteiger partial charge in [-0.25, -0.2) is 14.8 Å². The molecule has 10 nitrogen and oxygen atoms in total. The molecule has 2 unspecified atom stereocenters. The number of aryl methyl sites for hydroxylation is 1. The molecule has 2 aromatic heterocycles. The number of urea groups is 1. The lowest BCUT2D eigenvalue weighted by Crippen LogP contribution is -2.61. The zero-order chi connectivity index (χ0) is 27.4. The second-order valence-electron chi connectivity index (χ2n) is 9.37. The maximum absolute atomic E-state index is 13.8. The maximum Gasteiger partial charge on any atom is 0.321 e. The van der Waals surface area contributed by atoms with Crippen LogP contribution in [0.1, 0.15) is 24.2 Å². The molecule has 200 valence electrons. The Balaban J connectivity index is 1.41. The highest BCUT2D eigenvalue weighted by molar-refractivity contribution is 6.30. The summed E-state index contributed by atoms with van der Waals surface area (Å²) in [7, 11) is 0. The lowest BCUT2D eigenvalue weighted by molar-refractivity contribution is -0.123. The number of benzene rings is 2. The number of piperazine rings is 1. The van der Waals surface area contributed by atoms with E-state index in [9.17, 15) is 9.59 Å². The normalized spacial score (nSPS) is 16.0. The number of nitrogens with zero attached hydrogens (tertiary/aromatic N) is 6. The van der Waals surface area contributed by atoms with Crippen LogP contribution in [0.25, 0.3) is 5.95 Å². The minimum atomic E-state index is -0.681. The van der Waals surface area contributed by atoms with Crippen LogP contribution in [0.4, 0.5) is 16.3 Å². The summed E-state index contributed by atoms with van der Waals surface area (Å²) in [5.41, 5.74) is 2.37. The SMILES string of the molecule is Cc1cc(N2CCN(C(=O)Nc3ccccc3)CC2C(=O)NC(C)c2ccc(Cl)cc2)nc(-n2ccnc2)n1. The molecule has 0 bridgehead atoms. The van der Waals surface area contributed by atoms with E-state index >= 15 is 0 Å². The largest absolute Gasteiger partial charge is 0.348 e. The van der Waals surface area contributed by atoms with Crippen molar-refractivity contribution in [1.82, 2.24) is 29.7 Å². The van der Waals surface area contributed by atoms with E-state index in [4.69, 9.17) is 16.6 Å². The van der Waals surface area contributed by atoms with Gasteiger partial charge in [-0.1, -0.05) is 41.9 Å². The zero-order valence-corrected chi connectivity index (χ0v) is 22.4. The number of hydrogen-bond acceptors (Lipinski definition) is 6. The molecule has 0 radical (unpaired) electrons. The Morgan fingerprint density at radius 1 is 1.05 bits per heavy atom. The van der Waals surface area contributed by atoms with Crippen molar-refractivity contribution in [3.8, 4) is 5.95 Å². The Morgan fingerprint density at radius 3 is 2.54 bits per heavy atom. The molecule has 2 aromatic carbocycles. The molecule has 3 amide bonds. The van der Waals surface area contributed by atoms with Crippen LogP contribution in [0.5, 0.6) is 0 Å². The minimum Gasteiger partial charge on any atom is -0.348 e. The van der Waals surface area contributed by atoms with E-state index in [1.165, 1.54) is 0 Å². The Kier molecular flexibility index (Phi) is 7.74. The maximum atomic E-state index is 13.8. The summed E-state index contributed by atoms with van der Waals surface area (Å²) in [5, 5.41) is 6.66. The van der Waals surface area contributed by atoms with Crippen LogP contribution < -0.4 is 15.5 Å². The lowest BCUT2D eigenvalue weighted by atomic mass is 10.1. The molecule has 2 atom stereocenters. The molecular formula is C28H29ClN8O2. The molecule has 1 saturated heterocycles. The fourth-order valence-corrected chi connectivity index (χ4v) is 4.64. The van der Waals surface area contributed by atoms with Crippen LogP contribution >= 0.6 is 11.6 Å². The number of carbonyl (C=O) groups excluding carboxylic acids is 2. The van der Waals surface area contributed by atoms with E-state index in [2.05, 4.69) is 20.6 Å². The van der Waals surface area contributed by atoms with E-state index in [1.54, 1.807) is 40.3 Å². The molecule has 1 aliphatic heterocycles. The third kappa shape index (κ3) is 6.18. The summed E-state index contributed by atoms with van der Waals surface area (Å²) in [6, 6.07) is 17.3. The molecular weight excluding hydrogens is 516 g/mol. The van der Waals surface area contributed by atoms with Crippen LogP contribution in [-0.4, -0.2) is 62.0 Å². The van der Waals surface area contributed by atoms with Crippen LogP contribution in [-0.2, 0) is 4.79 Å². The van der Waals surface area contributed by atoms with Gasteiger partial charge in [0, 0.05) is 48.0 Å². The lowest BCUT2D eigenvalue weighted by Gasteiger charge is -2.41. The predicted molar refractivity (Wildman–Crippen MR) is 150 cm³/mol. The molecule has 11 heteroatoms. The highest BCUT2D eigenvalue weighted by Crippen LogP contribution is 2.23. The van der Waals surface area contributed by atoms with Crippen molar-refractivity contribution in [3.63, 3.8) is 0 Å². The smallest absolute Gasteiger partial charge is 0.321 e. The fraction of sp³-hybridized carbons (Fsp3) is 0.250. The summed E-state index contributed by atoms with van der Waals surface area (Å²) in [4.78, 5) is 43.8. The number of nitrogens with one attached hydrogen (secondary N) is 2.